The van der Waals surface area contributed by atoms with Crippen molar-refractivity contribution in [2.75, 3.05) is 0 Å². The van der Waals surface area contributed by atoms with Crippen molar-refractivity contribution in [1.29, 1.82) is 0 Å². The van der Waals surface area contributed by atoms with Gasteiger partial charge in [0.1, 0.15) is 17.3 Å². The summed E-state index contributed by atoms with van der Waals surface area (Å²) in [7, 11) is -5.73. The summed E-state index contributed by atoms with van der Waals surface area (Å²) >= 11 is 0. The third-order valence-corrected chi connectivity index (χ3v) is 19.6. The van der Waals surface area contributed by atoms with E-state index < -0.39 is 120 Å². The van der Waals surface area contributed by atoms with Crippen molar-refractivity contribution in [3.05, 3.63) is 272 Å². The first-order valence-corrected chi connectivity index (χ1v) is 28.5. The van der Waals surface area contributed by atoms with Gasteiger partial charge in [-0.15, -0.1) is 0 Å². The molecule has 0 saturated heterocycles. The maximum absolute atomic E-state index is 10.0. The van der Waals surface area contributed by atoms with Crippen LogP contribution in [0.4, 0.5) is 0 Å². The molecule has 0 atom stereocenters. The number of para-hydroxylation sites is 2. The molecule has 13 aromatic rings. The zero-order chi connectivity index (χ0) is 67.4. The Bertz CT molecular complexity index is 5220. The molecule has 0 unspecified atom stereocenters. The number of imidazole rings is 1. The molecule has 0 saturated carbocycles. The average molecular weight is 1060 g/mol. The van der Waals surface area contributed by atoms with Gasteiger partial charge in [-0.2, -0.15) is 0 Å². The van der Waals surface area contributed by atoms with Crippen LogP contribution in [0.15, 0.2) is 255 Å². The molecule has 1 aliphatic heterocycles. The molecule has 1 aliphatic rings. The topological polar surface area (TPSA) is 35.9 Å². The van der Waals surface area contributed by atoms with E-state index >= 15 is 0 Å². The van der Waals surface area contributed by atoms with E-state index in [9.17, 15) is 16.4 Å². The molecule has 10 aromatic carbocycles. The van der Waals surface area contributed by atoms with E-state index in [0.717, 1.165) is 66.7 Å². The summed E-state index contributed by atoms with van der Waals surface area (Å²) in [5.74, 6) is 1.64. The zero-order valence-corrected chi connectivity index (χ0v) is 45.8. The van der Waals surface area contributed by atoms with Crippen LogP contribution in [-0.4, -0.2) is 22.2 Å². The molecule has 14 rings (SSSR count). The van der Waals surface area contributed by atoms with Gasteiger partial charge in [-0.05, 0) is 125 Å². The summed E-state index contributed by atoms with van der Waals surface area (Å²) in [5.41, 5.74) is 9.41. The van der Waals surface area contributed by atoms with Crippen LogP contribution in [0.5, 0.6) is 11.5 Å². The Balaban J connectivity index is 1.15. The van der Waals surface area contributed by atoms with Crippen molar-refractivity contribution in [2.24, 2.45) is 0 Å². The van der Waals surface area contributed by atoms with E-state index in [2.05, 4.69) is 88.8 Å². The van der Waals surface area contributed by atoms with Crippen LogP contribution in [-0.2, 0) is 10.8 Å². The molecule has 0 aliphatic carbocycles. The second-order valence-corrected chi connectivity index (χ2v) is 25.8. The van der Waals surface area contributed by atoms with Crippen LogP contribution in [0.2, 0.25) is 0 Å². The number of ether oxygens (including phenoxy) is 1. The van der Waals surface area contributed by atoms with Crippen molar-refractivity contribution >= 4 is 61.7 Å². The summed E-state index contributed by atoms with van der Waals surface area (Å²) in [4.78, 5) is 4.89. The van der Waals surface area contributed by atoms with Crippen LogP contribution in [0.25, 0.3) is 83.4 Å². The van der Waals surface area contributed by atoms with E-state index in [0.29, 0.717) is 39.3 Å². The van der Waals surface area contributed by atoms with Crippen LogP contribution in [0.3, 0.4) is 0 Å². The molecule has 0 spiro atoms. The Hall–Kier alpha value is -9.36. The number of hydrogen-bond acceptors (Lipinski definition) is 2. The fourth-order valence-corrected chi connectivity index (χ4v) is 15.6. The summed E-state index contributed by atoms with van der Waals surface area (Å²) in [6, 6.07) is 37.8. The fraction of sp³-hybridized carbons (Fsp3) is 0.108. The highest BCUT2D eigenvalue weighted by atomic mass is 28.3. The molecule has 80 heavy (non-hydrogen) atoms. The molecule has 0 amide bonds. The Morgan fingerprint density at radius 1 is 0.475 bits per heavy atom. The number of aromatic nitrogens is 4. The summed E-state index contributed by atoms with van der Waals surface area (Å²) in [6.07, 6.45) is 5.62. The van der Waals surface area contributed by atoms with E-state index in [-0.39, 0.29) is 10.6 Å². The number of hydrogen-bond donors (Lipinski definition) is 0. The van der Waals surface area contributed by atoms with Gasteiger partial charge in [0.05, 0.1) is 54.0 Å². The molecular formula is C74H60N4OSi. The van der Waals surface area contributed by atoms with E-state index in [1.54, 1.807) is 16.7 Å². The Labute approximate surface area is 490 Å². The third-order valence-electron chi connectivity index (χ3n) is 15.4. The van der Waals surface area contributed by atoms with Gasteiger partial charge in [-0.1, -0.05) is 235 Å². The normalized spacial score (nSPS) is 15.0. The second-order valence-electron chi connectivity index (χ2n) is 22.2. The third kappa shape index (κ3) is 7.96. The quantitative estimate of drug-likeness (QED) is 0.0658. The van der Waals surface area contributed by atoms with Gasteiger partial charge in [-0.3, -0.25) is 13.7 Å². The van der Waals surface area contributed by atoms with Gasteiger partial charge >= 0.3 is 0 Å². The maximum Gasteiger partial charge on any atom is 0.269 e. The van der Waals surface area contributed by atoms with E-state index in [1.807, 2.05) is 120 Å². The Kier molecular flexibility index (Phi) is 8.33. The van der Waals surface area contributed by atoms with Gasteiger partial charge in [0.2, 0.25) is 0 Å². The smallest absolute Gasteiger partial charge is 0.269 e. The number of benzene rings is 10. The predicted octanol–water partition coefficient (Wildman–Crippen LogP) is 15.3. The number of nitrogens with zero attached hydrogens (tertiary/aromatic N) is 4. The highest BCUT2D eigenvalue weighted by Crippen LogP contribution is 2.45. The van der Waals surface area contributed by atoms with Crippen molar-refractivity contribution in [2.45, 2.75) is 52.4 Å². The molecular weight excluding hydrogens is 989 g/mol. The van der Waals surface area contributed by atoms with Crippen molar-refractivity contribution in [3.8, 4) is 62.1 Å². The predicted molar refractivity (Wildman–Crippen MR) is 333 cm³/mol. The second kappa shape index (κ2) is 18.9. The van der Waals surface area contributed by atoms with Gasteiger partial charge in [0.15, 0.2) is 8.07 Å². The molecule has 6 heteroatoms. The van der Waals surface area contributed by atoms with Gasteiger partial charge in [0, 0.05) is 23.0 Å². The lowest BCUT2D eigenvalue weighted by atomic mass is 9.82. The van der Waals surface area contributed by atoms with Gasteiger partial charge < -0.3 is 4.74 Å². The minimum atomic E-state index is -5.73. The molecule has 0 fully saturated rings. The largest absolute Gasteiger partial charge is 0.458 e. The molecule has 0 bridgehead atoms. The summed E-state index contributed by atoms with van der Waals surface area (Å²) in [6.45, 7) is 12.8. The number of pyridine rings is 1. The fourth-order valence-electron chi connectivity index (χ4n) is 11.7. The number of fused-ring (bicyclic) bond motifs is 10. The lowest BCUT2D eigenvalue weighted by molar-refractivity contribution is -0.572. The SMILES string of the molecule is [2H]c1c([2H])c([2H])c([Si](c2cc3c4c(c2)n(-c2cccc(Oc5ccc6c7ccccc7n(-c7cc(C(C)(C)C)ccn7)c6c5)c2)[c-][n+]4-c2c(cccc2C(C)(C)C)-c2ccccc2-c2ccccc2-3)(c2c([2H])c([2H])c([2H])c([2H])c2[2H])c2c([2H])c([2H])c([2H])c([2H])c2[2H])c([2H])c1[2H]. The number of rotatable bonds is 8. The molecule has 5 nitrogen and oxygen atoms in total. The van der Waals surface area contributed by atoms with E-state index in [4.69, 9.17) is 13.8 Å². The highest BCUT2D eigenvalue weighted by molar-refractivity contribution is 7.20. The molecule has 0 N–H and O–H groups in total. The minimum absolute atomic E-state index is 0.0548. The molecule has 0 radical (unpaired) electrons. The first-order valence-electron chi connectivity index (χ1n) is 34.0. The highest BCUT2D eigenvalue weighted by Gasteiger charge is 2.43. The first-order chi connectivity index (χ1) is 45.2. The van der Waals surface area contributed by atoms with Crippen LogP contribution in [0.1, 0.15) is 73.2 Å². The van der Waals surface area contributed by atoms with Gasteiger partial charge in [0.25, 0.3) is 6.33 Å². The monoisotopic (exact) mass is 1060 g/mol. The first kappa shape index (κ1) is 35.2. The minimum Gasteiger partial charge on any atom is -0.458 e. The van der Waals surface area contributed by atoms with Gasteiger partial charge in [-0.25, -0.2) is 4.98 Å². The Morgan fingerprint density at radius 2 is 1.04 bits per heavy atom. The van der Waals surface area contributed by atoms with Crippen LogP contribution >= 0.6 is 0 Å². The summed E-state index contributed by atoms with van der Waals surface area (Å²) < 4.78 is 156. The molecule has 4 heterocycles. The van der Waals surface area contributed by atoms with Crippen molar-refractivity contribution in [1.82, 2.24) is 14.1 Å². The molecule has 386 valence electrons. The lowest BCUT2D eigenvalue weighted by Gasteiger charge is -2.35. The van der Waals surface area contributed by atoms with Crippen molar-refractivity contribution in [3.63, 3.8) is 0 Å². The Morgan fingerprint density at radius 3 is 1.68 bits per heavy atom. The molecule has 3 aromatic heterocycles. The van der Waals surface area contributed by atoms with Crippen LogP contribution in [0, 0.1) is 6.33 Å². The maximum atomic E-state index is 10.0. The lowest BCUT2D eigenvalue weighted by Crippen LogP contribution is -2.74. The van der Waals surface area contributed by atoms with E-state index in [1.165, 1.54) is 0 Å². The summed E-state index contributed by atoms with van der Waals surface area (Å²) in [5, 5.41) is 0.146. The van der Waals surface area contributed by atoms with Crippen molar-refractivity contribution < 1.29 is 29.9 Å². The standard InChI is InChI=1S/C74H60N4OSi/c1-73(2,3)50-42-43-75-70(44-50)78-67-39-21-20-36-62(67)63-41-40-53(46-68(63)78)79-52-25-22-24-51(45-52)76-49-77-71-64(37-23-38-66(71)74(4,5)6)60-34-18-16-32-58(60)59-33-17-19-35-61(59)65-47-57(48-69(76)72(65)77)80(54-26-10-7-11-27-54,55-28-12-8-13-29-55)56-30-14-9-15-31-56/h7-48H,1-6H3/i7D,8D,9D,10D,11D,12D,13D,14D,15D,26D,27D,28D,29D,30D,31D. The average Bonchev–Trinajstić information content (AvgIpc) is 1.43. The zero-order valence-electron chi connectivity index (χ0n) is 59.8. The van der Waals surface area contributed by atoms with Crippen LogP contribution < -0.4 is 30.1 Å².